The molecule has 10 heteroatoms. The Morgan fingerprint density at radius 2 is 2.03 bits per heavy atom. The molecule has 154 valence electrons. The molecular weight excluding hydrogens is 402 g/mol. The summed E-state index contributed by atoms with van der Waals surface area (Å²) in [6.45, 7) is 4.50. The standard InChI is InChI=1S/C20H21N7O2S/c1-13-9-25-8-7-21-19(18(25)24-13)29-15-4-3-14(2)26(10-15)20(28)16-11-30-12-17(16)27-22-5-6-23-27/h5-9,11-12,14-15H,3-4,10H2,1-2H3/t14-,15-/m1/s1. The highest BCUT2D eigenvalue weighted by Gasteiger charge is 2.33. The Bertz CT molecular complexity index is 1180. The van der Waals surface area contributed by atoms with E-state index in [1.165, 1.54) is 16.1 Å². The van der Waals surface area contributed by atoms with E-state index in [1.54, 1.807) is 18.6 Å². The van der Waals surface area contributed by atoms with Crippen molar-refractivity contribution < 1.29 is 9.53 Å². The Morgan fingerprint density at radius 1 is 1.20 bits per heavy atom. The number of hydrogen-bond donors (Lipinski definition) is 0. The molecule has 0 unspecified atom stereocenters. The van der Waals surface area contributed by atoms with Crippen LogP contribution in [0.5, 0.6) is 5.88 Å². The van der Waals surface area contributed by atoms with Crippen LogP contribution < -0.4 is 4.74 Å². The van der Waals surface area contributed by atoms with Crippen molar-refractivity contribution in [3.05, 3.63) is 53.0 Å². The Kier molecular flexibility index (Phi) is 4.70. The summed E-state index contributed by atoms with van der Waals surface area (Å²) in [6, 6.07) is 0.119. The van der Waals surface area contributed by atoms with Gasteiger partial charge in [-0.05, 0) is 26.7 Å². The maximum atomic E-state index is 13.4. The zero-order valence-corrected chi connectivity index (χ0v) is 17.5. The summed E-state index contributed by atoms with van der Waals surface area (Å²) in [5.41, 5.74) is 2.90. The highest BCUT2D eigenvalue weighted by molar-refractivity contribution is 7.08. The molecule has 0 bridgehead atoms. The van der Waals surface area contributed by atoms with Crippen LogP contribution in [-0.4, -0.2) is 58.9 Å². The van der Waals surface area contributed by atoms with Gasteiger partial charge in [0.1, 0.15) is 11.8 Å². The van der Waals surface area contributed by atoms with Gasteiger partial charge in [0.2, 0.25) is 5.65 Å². The van der Waals surface area contributed by atoms with Crippen LogP contribution in [0.25, 0.3) is 11.3 Å². The monoisotopic (exact) mass is 423 g/mol. The summed E-state index contributed by atoms with van der Waals surface area (Å²) in [7, 11) is 0. The van der Waals surface area contributed by atoms with Gasteiger partial charge in [-0.3, -0.25) is 4.79 Å². The van der Waals surface area contributed by atoms with Crippen LogP contribution in [0.2, 0.25) is 0 Å². The third-order valence-corrected chi connectivity index (χ3v) is 6.08. The molecule has 1 aliphatic heterocycles. The molecule has 2 atom stereocenters. The minimum atomic E-state index is -0.147. The summed E-state index contributed by atoms with van der Waals surface area (Å²) in [5.74, 6) is 0.460. The van der Waals surface area contributed by atoms with Gasteiger partial charge >= 0.3 is 0 Å². The number of aromatic nitrogens is 6. The zero-order chi connectivity index (χ0) is 20.7. The van der Waals surface area contributed by atoms with Crippen molar-refractivity contribution >= 4 is 22.9 Å². The second-order valence-corrected chi connectivity index (χ2v) is 8.20. The first kappa shape index (κ1) is 18.7. The maximum Gasteiger partial charge on any atom is 0.258 e. The number of rotatable bonds is 4. The van der Waals surface area contributed by atoms with Gasteiger partial charge < -0.3 is 14.0 Å². The SMILES string of the molecule is Cc1cn2ccnc(O[C@@H]3CC[C@@H](C)N(C(=O)c4cscc4-n4nccn4)C3)c2n1. The molecule has 4 aromatic rings. The average molecular weight is 424 g/mol. The lowest BCUT2D eigenvalue weighted by Gasteiger charge is -2.37. The Hall–Kier alpha value is -3.27. The fourth-order valence-corrected chi connectivity index (χ4v) is 4.59. The van der Waals surface area contributed by atoms with Crippen molar-refractivity contribution in [2.75, 3.05) is 6.54 Å². The predicted molar refractivity (Wildman–Crippen MR) is 111 cm³/mol. The summed E-state index contributed by atoms with van der Waals surface area (Å²) >= 11 is 1.46. The van der Waals surface area contributed by atoms with Crippen LogP contribution in [0, 0.1) is 6.92 Å². The van der Waals surface area contributed by atoms with Crippen LogP contribution in [0.1, 0.15) is 35.8 Å². The van der Waals surface area contributed by atoms with Gasteiger partial charge in [-0.25, -0.2) is 9.97 Å². The third-order valence-electron chi connectivity index (χ3n) is 5.35. The van der Waals surface area contributed by atoms with E-state index < -0.39 is 0 Å². The average Bonchev–Trinajstić information content (AvgIpc) is 3.48. The van der Waals surface area contributed by atoms with E-state index in [1.807, 2.05) is 39.4 Å². The molecule has 30 heavy (non-hydrogen) atoms. The van der Waals surface area contributed by atoms with E-state index in [2.05, 4.69) is 27.1 Å². The number of carbonyl (C=O) groups excluding carboxylic acids is 1. The number of nitrogens with zero attached hydrogens (tertiary/aromatic N) is 7. The van der Waals surface area contributed by atoms with E-state index >= 15 is 0 Å². The molecule has 0 spiro atoms. The number of likely N-dealkylation sites (tertiary alicyclic amines) is 1. The molecule has 1 fully saturated rings. The minimum Gasteiger partial charge on any atom is -0.470 e. The van der Waals surface area contributed by atoms with Crippen molar-refractivity contribution in [2.45, 2.75) is 38.8 Å². The van der Waals surface area contributed by atoms with Gasteiger partial charge in [0.15, 0.2) is 0 Å². The fraction of sp³-hybridized carbons (Fsp3) is 0.350. The van der Waals surface area contributed by atoms with Crippen LogP contribution in [0.3, 0.4) is 0 Å². The lowest BCUT2D eigenvalue weighted by molar-refractivity contribution is 0.0376. The molecule has 0 aromatic carbocycles. The molecule has 0 saturated carbocycles. The molecule has 0 N–H and O–H groups in total. The Labute approximate surface area is 176 Å². The van der Waals surface area contributed by atoms with Gasteiger partial charge in [-0.2, -0.15) is 10.2 Å². The van der Waals surface area contributed by atoms with Crippen molar-refractivity contribution in [1.82, 2.24) is 34.3 Å². The summed E-state index contributed by atoms with van der Waals surface area (Å²) in [4.78, 5) is 25.6. The summed E-state index contributed by atoms with van der Waals surface area (Å²) in [6.07, 6.45) is 10.2. The van der Waals surface area contributed by atoms with Crippen LogP contribution in [-0.2, 0) is 0 Å². The Morgan fingerprint density at radius 3 is 2.87 bits per heavy atom. The molecule has 0 radical (unpaired) electrons. The van der Waals surface area contributed by atoms with E-state index in [4.69, 9.17) is 4.74 Å². The molecule has 1 saturated heterocycles. The highest BCUT2D eigenvalue weighted by Crippen LogP contribution is 2.27. The van der Waals surface area contributed by atoms with Gasteiger partial charge in [-0.15, -0.1) is 16.1 Å². The van der Waals surface area contributed by atoms with E-state index in [0.29, 0.717) is 29.3 Å². The van der Waals surface area contributed by atoms with Crippen molar-refractivity contribution in [3.8, 4) is 11.6 Å². The number of fused-ring (bicyclic) bond motifs is 1. The first-order valence-corrected chi connectivity index (χ1v) is 10.8. The van der Waals surface area contributed by atoms with Crippen LogP contribution >= 0.6 is 11.3 Å². The quantitative estimate of drug-likeness (QED) is 0.501. The minimum absolute atomic E-state index is 0.0350. The molecule has 4 aromatic heterocycles. The highest BCUT2D eigenvalue weighted by atomic mass is 32.1. The molecule has 5 heterocycles. The normalized spacial score (nSPS) is 19.3. The van der Waals surface area contributed by atoms with Gasteiger partial charge in [0, 0.05) is 35.4 Å². The maximum absolute atomic E-state index is 13.4. The number of amides is 1. The molecule has 1 aliphatic rings. The number of piperidine rings is 1. The number of carbonyl (C=O) groups is 1. The fourth-order valence-electron chi connectivity index (χ4n) is 3.81. The molecule has 9 nitrogen and oxygen atoms in total. The number of aryl methyl sites for hydroxylation is 1. The van der Waals surface area contributed by atoms with Gasteiger partial charge in [0.25, 0.3) is 11.8 Å². The zero-order valence-electron chi connectivity index (χ0n) is 16.7. The molecule has 1 amide bonds. The van der Waals surface area contributed by atoms with E-state index in [-0.39, 0.29) is 18.1 Å². The van der Waals surface area contributed by atoms with Crippen molar-refractivity contribution in [1.29, 1.82) is 0 Å². The summed E-state index contributed by atoms with van der Waals surface area (Å²) < 4.78 is 8.12. The van der Waals surface area contributed by atoms with Crippen LogP contribution in [0.4, 0.5) is 0 Å². The Balaban J connectivity index is 1.38. The molecular formula is C20H21N7O2S. The van der Waals surface area contributed by atoms with Crippen LogP contribution in [0.15, 0.2) is 41.7 Å². The lowest BCUT2D eigenvalue weighted by atomic mass is 10.00. The van der Waals surface area contributed by atoms with E-state index in [0.717, 1.165) is 18.5 Å². The van der Waals surface area contributed by atoms with Gasteiger partial charge in [0.05, 0.1) is 30.2 Å². The first-order valence-electron chi connectivity index (χ1n) is 9.81. The van der Waals surface area contributed by atoms with Gasteiger partial charge in [-0.1, -0.05) is 0 Å². The first-order chi connectivity index (χ1) is 14.6. The third kappa shape index (κ3) is 3.32. The molecule has 5 rings (SSSR count). The number of ether oxygens (including phenoxy) is 1. The second kappa shape index (κ2) is 7.52. The largest absolute Gasteiger partial charge is 0.470 e. The predicted octanol–water partition coefficient (Wildman–Crippen LogP) is 2.75. The molecule has 0 aliphatic carbocycles. The second-order valence-electron chi connectivity index (χ2n) is 7.46. The lowest BCUT2D eigenvalue weighted by Crippen LogP contribution is -2.49. The number of imidazole rings is 1. The van der Waals surface area contributed by atoms with Crippen molar-refractivity contribution in [2.24, 2.45) is 0 Å². The smallest absolute Gasteiger partial charge is 0.258 e. The topological polar surface area (TPSA) is 90.4 Å². The van der Waals surface area contributed by atoms with E-state index in [9.17, 15) is 4.79 Å². The van der Waals surface area contributed by atoms with Crippen molar-refractivity contribution in [3.63, 3.8) is 0 Å². The number of thiophene rings is 1. The summed E-state index contributed by atoms with van der Waals surface area (Å²) in [5, 5.41) is 12.1. The number of hydrogen-bond acceptors (Lipinski definition) is 7.